The molecule has 19 heavy (non-hydrogen) atoms. The summed E-state index contributed by atoms with van der Waals surface area (Å²) in [4.78, 5) is 14.9. The Morgan fingerprint density at radius 3 is 2.89 bits per heavy atom. The summed E-state index contributed by atoms with van der Waals surface area (Å²) in [6.45, 7) is 0.236. The highest BCUT2D eigenvalue weighted by molar-refractivity contribution is 7.07. The highest BCUT2D eigenvalue weighted by atomic mass is 32.1. The molecule has 0 saturated carbocycles. The predicted octanol–water partition coefficient (Wildman–Crippen LogP) is 2.73. The second-order valence-corrected chi connectivity index (χ2v) is 4.45. The average Bonchev–Trinajstić information content (AvgIpc) is 2.98. The Kier molecular flexibility index (Phi) is 3.89. The number of nitrogens with one attached hydrogen (secondary N) is 1. The largest absolute Gasteiger partial charge is 0.452 e. The number of thiophene rings is 1. The molecule has 2 rings (SSSR count). The number of rotatable bonds is 4. The number of hydrogen-bond acceptors (Lipinski definition) is 4. The van der Waals surface area contributed by atoms with E-state index in [1.807, 2.05) is 16.8 Å². The van der Waals surface area contributed by atoms with E-state index in [1.165, 1.54) is 11.3 Å². The molecule has 0 unspecified atom stereocenters. The minimum absolute atomic E-state index is 0.236. The van der Waals surface area contributed by atoms with Gasteiger partial charge in [-0.25, -0.2) is 4.98 Å². The molecule has 0 fully saturated rings. The lowest BCUT2D eigenvalue weighted by atomic mass is 10.2. The molecule has 0 radical (unpaired) electrons. The van der Waals surface area contributed by atoms with Crippen LogP contribution in [0, 0.1) is 0 Å². The van der Waals surface area contributed by atoms with E-state index in [2.05, 4.69) is 14.7 Å². The number of aromatic nitrogens is 1. The first kappa shape index (κ1) is 13.6. The van der Waals surface area contributed by atoms with Gasteiger partial charge in [0.05, 0.1) is 0 Å². The molecule has 0 aliphatic rings. The van der Waals surface area contributed by atoms with Crippen LogP contribution in [-0.4, -0.2) is 17.4 Å². The van der Waals surface area contributed by atoms with Crippen LogP contribution in [0.5, 0.6) is 0 Å². The van der Waals surface area contributed by atoms with E-state index in [0.29, 0.717) is 12.8 Å². The number of alkyl halides is 3. The van der Waals surface area contributed by atoms with Crippen LogP contribution >= 0.6 is 11.3 Å². The first-order valence-electron chi connectivity index (χ1n) is 5.28. The van der Waals surface area contributed by atoms with Crippen molar-refractivity contribution in [3.63, 3.8) is 0 Å². The third-order valence-corrected chi connectivity index (χ3v) is 3.05. The zero-order valence-corrected chi connectivity index (χ0v) is 10.3. The molecule has 4 nitrogen and oxygen atoms in total. The molecule has 0 saturated heterocycles. The van der Waals surface area contributed by atoms with Crippen molar-refractivity contribution in [3.8, 4) is 0 Å². The summed E-state index contributed by atoms with van der Waals surface area (Å²) in [6.07, 6.45) is -3.57. The lowest BCUT2D eigenvalue weighted by Crippen LogP contribution is -2.28. The molecular weight excluding hydrogens is 281 g/mol. The van der Waals surface area contributed by atoms with Crippen molar-refractivity contribution in [2.75, 3.05) is 6.54 Å². The number of carbonyl (C=O) groups excluding carboxylic acids is 1. The topological polar surface area (TPSA) is 55.1 Å². The standard InChI is InChI=1S/C11H9F3N2O2S/c12-11(13,14)9-8(16-6-18-9)10(17)15-3-1-7-2-4-19-5-7/h2,4-6H,1,3H2,(H,15,17). The van der Waals surface area contributed by atoms with Gasteiger partial charge in [0, 0.05) is 6.54 Å². The number of oxazole rings is 1. The predicted molar refractivity (Wildman–Crippen MR) is 61.9 cm³/mol. The van der Waals surface area contributed by atoms with Gasteiger partial charge in [-0.1, -0.05) is 0 Å². The van der Waals surface area contributed by atoms with Gasteiger partial charge >= 0.3 is 6.18 Å². The lowest BCUT2D eigenvalue weighted by molar-refractivity contribution is -0.153. The van der Waals surface area contributed by atoms with Crippen LogP contribution < -0.4 is 5.32 Å². The molecular formula is C11H9F3N2O2S. The second kappa shape index (κ2) is 5.43. The fourth-order valence-corrected chi connectivity index (χ4v) is 2.15. The molecule has 0 aliphatic carbocycles. The van der Waals surface area contributed by atoms with Crippen LogP contribution in [-0.2, 0) is 12.6 Å². The van der Waals surface area contributed by atoms with Gasteiger partial charge in [0.25, 0.3) is 5.91 Å². The van der Waals surface area contributed by atoms with Gasteiger partial charge in [-0.2, -0.15) is 24.5 Å². The van der Waals surface area contributed by atoms with Gasteiger partial charge in [0.2, 0.25) is 5.76 Å². The van der Waals surface area contributed by atoms with Crippen LogP contribution in [0.1, 0.15) is 21.8 Å². The monoisotopic (exact) mass is 290 g/mol. The smallest absolute Gasteiger partial charge is 0.438 e. The van der Waals surface area contributed by atoms with Crippen molar-refractivity contribution in [2.45, 2.75) is 12.6 Å². The van der Waals surface area contributed by atoms with Gasteiger partial charge in [-0.15, -0.1) is 0 Å². The summed E-state index contributed by atoms with van der Waals surface area (Å²) in [5, 5.41) is 6.17. The Morgan fingerprint density at radius 1 is 1.47 bits per heavy atom. The summed E-state index contributed by atoms with van der Waals surface area (Å²) < 4.78 is 41.6. The fraction of sp³-hybridized carbons (Fsp3) is 0.273. The van der Waals surface area contributed by atoms with E-state index in [-0.39, 0.29) is 6.54 Å². The number of nitrogens with zero attached hydrogens (tertiary/aromatic N) is 1. The average molecular weight is 290 g/mol. The SMILES string of the molecule is O=C(NCCc1ccsc1)c1ncoc1C(F)(F)F. The summed E-state index contributed by atoms with van der Waals surface area (Å²) in [5.74, 6) is -2.27. The Balaban J connectivity index is 1.95. The summed E-state index contributed by atoms with van der Waals surface area (Å²) in [6, 6.07) is 1.88. The van der Waals surface area contributed by atoms with Crippen molar-refractivity contribution >= 4 is 17.2 Å². The summed E-state index contributed by atoms with van der Waals surface area (Å²) >= 11 is 1.51. The molecule has 0 aromatic carbocycles. The van der Waals surface area contributed by atoms with Gasteiger partial charge in [-0.3, -0.25) is 4.79 Å². The Bertz CT molecular complexity index is 549. The third kappa shape index (κ3) is 3.34. The van der Waals surface area contributed by atoms with Crippen LogP contribution in [0.15, 0.2) is 27.6 Å². The Morgan fingerprint density at radius 2 is 2.26 bits per heavy atom. The minimum atomic E-state index is -4.73. The molecule has 1 N–H and O–H groups in total. The molecule has 102 valence electrons. The number of carbonyl (C=O) groups is 1. The Labute approximate surface area is 110 Å². The minimum Gasteiger partial charge on any atom is -0.438 e. The number of halogens is 3. The van der Waals surface area contributed by atoms with Crippen molar-refractivity contribution in [2.24, 2.45) is 0 Å². The molecule has 1 amide bonds. The molecule has 0 aliphatic heterocycles. The zero-order valence-electron chi connectivity index (χ0n) is 9.53. The van der Waals surface area contributed by atoms with E-state index in [0.717, 1.165) is 5.56 Å². The third-order valence-electron chi connectivity index (χ3n) is 2.32. The van der Waals surface area contributed by atoms with Crippen LogP contribution in [0.4, 0.5) is 13.2 Å². The van der Waals surface area contributed by atoms with Crippen LogP contribution in [0.25, 0.3) is 0 Å². The van der Waals surface area contributed by atoms with Crippen molar-refractivity contribution in [1.29, 1.82) is 0 Å². The zero-order chi connectivity index (χ0) is 13.9. The molecule has 0 bridgehead atoms. The first-order valence-corrected chi connectivity index (χ1v) is 6.22. The second-order valence-electron chi connectivity index (χ2n) is 3.67. The maximum atomic E-state index is 12.5. The van der Waals surface area contributed by atoms with E-state index in [9.17, 15) is 18.0 Å². The highest BCUT2D eigenvalue weighted by Gasteiger charge is 2.40. The van der Waals surface area contributed by atoms with E-state index in [1.54, 1.807) is 0 Å². The van der Waals surface area contributed by atoms with Crippen molar-refractivity contribution in [1.82, 2.24) is 10.3 Å². The van der Waals surface area contributed by atoms with Gasteiger partial charge in [0.1, 0.15) is 0 Å². The molecule has 8 heteroatoms. The van der Waals surface area contributed by atoms with Gasteiger partial charge < -0.3 is 9.73 Å². The first-order chi connectivity index (χ1) is 8.98. The van der Waals surface area contributed by atoms with Crippen molar-refractivity contribution in [3.05, 3.63) is 40.2 Å². The summed E-state index contributed by atoms with van der Waals surface area (Å²) in [7, 11) is 0. The van der Waals surface area contributed by atoms with Crippen LogP contribution in [0.3, 0.4) is 0 Å². The van der Waals surface area contributed by atoms with Crippen molar-refractivity contribution < 1.29 is 22.4 Å². The number of hydrogen-bond donors (Lipinski definition) is 1. The maximum absolute atomic E-state index is 12.5. The van der Waals surface area contributed by atoms with Crippen LogP contribution in [0.2, 0.25) is 0 Å². The fourth-order valence-electron chi connectivity index (χ4n) is 1.45. The Hall–Kier alpha value is -1.83. The normalized spacial score (nSPS) is 11.5. The molecule has 0 spiro atoms. The highest BCUT2D eigenvalue weighted by Crippen LogP contribution is 2.31. The van der Waals surface area contributed by atoms with Gasteiger partial charge in [0.15, 0.2) is 12.1 Å². The molecule has 2 aromatic rings. The van der Waals surface area contributed by atoms with E-state index < -0.39 is 23.5 Å². The summed E-state index contributed by atoms with van der Waals surface area (Å²) in [5.41, 5.74) is 0.277. The molecule has 2 heterocycles. The quantitative estimate of drug-likeness (QED) is 0.942. The molecule has 2 aromatic heterocycles. The maximum Gasteiger partial charge on any atom is 0.452 e. The molecule has 0 atom stereocenters. The number of amides is 1. The van der Waals surface area contributed by atoms with Gasteiger partial charge in [-0.05, 0) is 28.8 Å². The van der Waals surface area contributed by atoms with E-state index in [4.69, 9.17) is 0 Å². The van der Waals surface area contributed by atoms with E-state index >= 15 is 0 Å². The lowest BCUT2D eigenvalue weighted by Gasteiger charge is -2.05.